The summed E-state index contributed by atoms with van der Waals surface area (Å²) in [5, 5.41) is 5.50. The van der Waals surface area contributed by atoms with E-state index in [9.17, 15) is 18.0 Å². The number of carbonyl (C=O) groups is 2. The van der Waals surface area contributed by atoms with E-state index in [1.165, 1.54) is 38.2 Å². The number of imidazole rings is 1. The van der Waals surface area contributed by atoms with E-state index in [0.717, 1.165) is 21.1 Å². The van der Waals surface area contributed by atoms with Gasteiger partial charge in [-0.1, -0.05) is 12.1 Å². The van der Waals surface area contributed by atoms with Crippen LogP contribution in [0.15, 0.2) is 53.4 Å². The number of thioether (sulfide) groups is 1. The average Bonchev–Trinajstić information content (AvgIpc) is 3.20. The van der Waals surface area contributed by atoms with Crippen molar-refractivity contribution in [3.63, 3.8) is 0 Å². The lowest BCUT2D eigenvalue weighted by atomic mass is 10.2. The number of anilines is 1. The number of amides is 2. The predicted octanol–water partition coefficient (Wildman–Crippen LogP) is 2.75. The number of hydrogen-bond donors (Lipinski definition) is 3. The Labute approximate surface area is 197 Å². The van der Waals surface area contributed by atoms with Crippen LogP contribution in [0.1, 0.15) is 25.2 Å². The van der Waals surface area contributed by atoms with Crippen molar-refractivity contribution >= 4 is 50.3 Å². The van der Waals surface area contributed by atoms with Gasteiger partial charge in [0.2, 0.25) is 21.8 Å². The molecule has 11 heteroatoms. The molecule has 176 valence electrons. The number of benzene rings is 2. The molecule has 0 spiro atoms. The molecule has 0 aliphatic heterocycles. The number of fused-ring (bicyclic) bond motifs is 1. The van der Waals surface area contributed by atoms with Crippen molar-refractivity contribution in [1.82, 2.24) is 19.6 Å². The normalized spacial score (nSPS) is 12.6. The summed E-state index contributed by atoms with van der Waals surface area (Å²) < 4.78 is 26.8. The highest BCUT2D eigenvalue weighted by Gasteiger charge is 2.25. The van der Waals surface area contributed by atoms with E-state index in [1.54, 1.807) is 11.8 Å². The Balaban J connectivity index is 1.70. The number of para-hydroxylation sites is 2. The van der Waals surface area contributed by atoms with Gasteiger partial charge in [0.05, 0.1) is 28.5 Å². The molecule has 2 aromatic carbocycles. The van der Waals surface area contributed by atoms with E-state index in [1.807, 2.05) is 30.5 Å². The molecule has 1 aromatic heterocycles. The average molecular weight is 490 g/mol. The zero-order chi connectivity index (χ0) is 24.0. The minimum Gasteiger partial charge on any atom is -0.345 e. The number of likely N-dealkylation sites (N-methyl/N-ethyl adjacent to an activating group) is 1. The van der Waals surface area contributed by atoms with Crippen LogP contribution in [0.3, 0.4) is 0 Å². The molecule has 3 rings (SSSR count). The van der Waals surface area contributed by atoms with Gasteiger partial charge in [-0.05, 0) is 54.8 Å². The SMILES string of the molecule is CSCCC(NC(=O)CN(C)S(=O)(=O)c1ccc(NC(C)=O)cc1)c1nc2ccccc2[nH]1. The molecular formula is C22H27N5O4S2. The summed E-state index contributed by atoms with van der Waals surface area (Å²) in [7, 11) is -2.53. The topological polar surface area (TPSA) is 124 Å². The first-order chi connectivity index (χ1) is 15.7. The van der Waals surface area contributed by atoms with Gasteiger partial charge in [0, 0.05) is 19.7 Å². The minimum absolute atomic E-state index is 0.0307. The molecule has 0 aliphatic rings. The van der Waals surface area contributed by atoms with E-state index in [0.29, 0.717) is 17.9 Å². The maximum absolute atomic E-state index is 12.9. The quantitative estimate of drug-likeness (QED) is 0.402. The summed E-state index contributed by atoms with van der Waals surface area (Å²) in [4.78, 5) is 31.8. The Morgan fingerprint density at radius 3 is 2.48 bits per heavy atom. The summed E-state index contributed by atoms with van der Waals surface area (Å²) in [5.41, 5.74) is 2.17. The highest BCUT2D eigenvalue weighted by molar-refractivity contribution is 7.98. The van der Waals surface area contributed by atoms with E-state index in [2.05, 4.69) is 20.6 Å². The Morgan fingerprint density at radius 2 is 1.85 bits per heavy atom. The number of carbonyl (C=O) groups excluding carboxylic acids is 2. The van der Waals surface area contributed by atoms with Crippen molar-refractivity contribution in [2.45, 2.75) is 24.3 Å². The Morgan fingerprint density at radius 1 is 1.15 bits per heavy atom. The molecule has 0 saturated carbocycles. The van der Waals surface area contributed by atoms with Crippen molar-refractivity contribution in [3.05, 3.63) is 54.4 Å². The third-order valence-electron chi connectivity index (χ3n) is 4.93. The number of hydrogen-bond acceptors (Lipinski definition) is 6. The van der Waals surface area contributed by atoms with Gasteiger partial charge >= 0.3 is 0 Å². The first-order valence-electron chi connectivity index (χ1n) is 10.3. The van der Waals surface area contributed by atoms with Gasteiger partial charge in [0.1, 0.15) is 5.82 Å². The Kier molecular flexibility index (Phi) is 8.11. The lowest BCUT2D eigenvalue weighted by molar-refractivity contribution is -0.122. The van der Waals surface area contributed by atoms with Crippen molar-refractivity contribution in [2.75, 3.05) is 30.9 Å². The second kappa shape index (κ2) is 10.8. The van der Waals surface area contributed by atoms with E-state index < -0.39 is 15.9 Å². The van der Waals surface area contributed by atoms with Crippen LogP contribution in [0.2, 0.25) is 0 Å². The first-order valence-corrected chi connectivity index (χ1v) is 13.1. The minimum atomic E-state index is -3.88. The molecule has 0 fully saturated rings. The summed E-state index contributed by atoms with van der Waals surface area (Å²) in [6.07, 6.45) is 2.63. The molecule has 1 unspecified atom stereocenters. The first kappa shape index (κ1) is 24.7. The van der Waals surface area contributed by atoms with Crippen molar-refractivity contribution in [3.8, 4) is 0 Å². The highest BCUT2D eigenvalue weighted by atomic mass is 32.2. The summed E-state index contributed by atoms with van der Waals surface area (Å²) in [6, 6.07) is 13.0. The van der Waals surface area contributed by atoms with Crippen LogP contribution < -0.4 is 10.6 Å². The van der Waals surface area contributed by atoms with Crippen molar-refractivity contribution in [2.24, 2.45) is 0 Å². The van der Waals surface area contributed by atoms with E-state index in [4.69, 9.17) is 0 Å². The number of H-pyrrole nitrogens is 1. The van der Waals surface area contributed by atoms with E-state index >= 15 is 0 Å². The van der Waals surface area contributed by atoms with Crippen LogP contribution in [-0.4, -0.2) is 60.1 Å². The molecule has 0 radical (unpaired) electrons. The maximum atomic E-state index is 12.9. The molecule has 33 heavy (non-hydrogen) atoms. The van der Waals surface area contributed by atoms with Crippen molar-refractivity contribution in [1.29, 1.82) is 0 Å². The third-order valence-corrected chi connectivity index (χ3v) is 7.39. The lowest BCUT2D eigenvalue weighted by Crippen LogP contribution is -2.40. The number of nitrogens with one attached hydrogen (secondary N) is 3. The predicted molar refractivity (Wildman–Crippen MR) is 131 cm³/mol. The van der Waals surface area contributed by atoms with Crippen LogP contribution in [0, 0.1) is 0 Å². The molecule has 0 saturated heterocycles. The molecule has 1 heterocycles. The standard InChI is InChI=1S/C22H27N5O4S2/c1-15(28)23-16-8-10-17(11-9-16)33(30,31)27(2)14-21(29)24-20(12-13-32-3)22-25-18-6-4-5-7-19(18)26-22/h4-11,20H,12-14H2,1-3H3,(H,23,28)(H,24,29)(H,25,26). The third kappa shape index (κ3) is 6.34. The maximum Gasteiger partial charge on any atom is 0.243 e. The van der Waals surface area contributed by atoms with Crippen LogP contribution in [0.5, 0.6) is 0 Å². The van der Waals surface area contributed by atoms with Gasteiger partial charge in [-0.25, -0.2) is 13.4 Å². The van der Waals surface area contributed by atoms with Gasteiger partial charge in [0.25, 0.3) is 0 Å². The second-order valence-electron chi connectivity index (χ2n) is 7.51. The molecule has 3 aromatic rings. The molecule has 3 N–H and O–H groups in total. The highest BCUT2D eigenvalue weighted by Crippen LogP contribution is 2.21. The van der Waals surface area contributed by atoms with E-state index in [-0.39, 0.29) is 23.4 Å². The van der Waals surface area contributed by atoms with Crippen LogP contribution in [0.4, 0.5) is 5.69 Å². The van der Waals surface area contributed by atoms with Gasteiger partial charge < -0.3 is 15.6 Å². The van der Waals surface area contributed by atoms with Crippen LogP contribution in [0.25, 0.3) is 11.0 Å². The fourth-order valence-corrected chi connectivity index (χ4v) is 4.87. The lowest BCUT2D eigenvalue weighted by Gasteiger charge is -2.20. The molecule has 0 bridgehead atoms. The van der Waals surface area contributed by atoms with Crippen LogP contribution >= 0.6 is 11.8 Å². The number of sulfonamides is 1. The zero-order valence-electron chi connectivity index (χ0n) is 18.7. The second-order valence-corrected chi connectivity index (χ2v) is 10.5. The molecule has 1 atom stereocenters. The monoisotopic (exact) mass is 489 g/mol. The largest absolute Gasteiger partial charge is 0.345 e. The van der Waals surface area contributed by atoms with Crippen LogP contribution in [-0.2, 0) is 19.6 Å². The number of rotatable bonds is 10. The number of aromatic nitrogens is 2. The fourth-order valence-electron chi connectivity index (χ4n) is 3.27. The summed E-state index contributed by atoms with van der Waals surface area (Å²) in [6.45, 7) is 1.03. The Hall–Kier alpha value is -2.89. The van der Waals surface area contributed by atoms with Crippen molar-refractivity contribution < 1.29 is 18.0 Å². The van der Waals surface area contributed by atoms with Gasteiger partial charge in [-0.15, -0.1) is 0 Å². The summed E-state index contributed by atoms with van der Waals surface area (Å²) in [5.74, 6) is 0.761. The number of aromatic amines is 1. The molecule has 0 aliphatic carbocycles. The Bertz CT molecular complexity index is 1190. The van der Waals surface area contributed by atoms with Gasteiger partial charge in [-0.2, -0.15) is 16.1 Å². The number of nitrogens with zero attached hydrogens (tertiary/aromatic N) is 2. The zero-order valence-corrected chi connectivity index (χ0v) is 20.3. The van der Waals surface area contributed by atoms with Gasteiger partial charge in [-0.3, -0.25) is 9.59 Å². The molecule has 9 nitrogen and oxygen atoms in total. The molecular weight excluding hydrogens is 462 g/mol. The molecule has 2 amide bonds. The smallest absolute Gasteiger partial charge is 0.243 e. The fraction of sp³-hybridized carbons (Fsp3) is 0.318. The van der Waals surface area contributed by atoms with Gasteiger partial charge in [0.15, 0.2) is 0 Å². The summed E-state index contributed by atoms with van der Waals surface area (Å²) >= 11 is 1.65.